The summed E-state index contributed by atoms with van der Waals surface area (Å²) in [7, 11) is 0. The molecule has 2 N–H and O–H groups in total. The molecule has 0 aliphatic carbocycles. The molecule has 0 saturated carbocycles. The van der Waals surface area contributed by atoms with Gasteiger partial charge in [0, 0.05) is 25.7 Å². The van der Waals surface area contributed by atoms with E-state index in [1.54, 1.807) is 0 Å². The van der Waals surface area contributed by atoms with Gasteiger partial charge in [-0.25, -0.2) is 0 Å². The Kier molecular flexibility index (Phi) is 7.18. The topological polar surface area (TPSA) is 59.3 Å². The maximum atomic E-state index is 8.79. The molecule has 0 bridgehead atoms. The quantitative estimate of drug-likeness (QED) is 0.513. The lowest BCUT2D eigenvalue weighted by atomic mass is 9.90. The summed E-state index contributed by atoms with van der Waals surface area (Å²) in [6.45, 7) is 5.93. The molecule has 2 atom stereocenters. The lowest BCUT2D eigenvalue weighted by Gasteiger charge is -2.37. The molecule has 4 nitrogen and oxygen atoms in total. The second-order valence-electron chi connectivity index (χ2n) is 4.97. The van der Waals surface area contributed by atoms with Crippen LogP contribution in [-0.4, -0.2) is 48.8 Å². The summed E-state index contributed by atoms with van der Waals surface area (Å²) < 4.78 is 0. The van der Waals surface area contributed by atoms with Crippen LogP contribution in [-0.2, 0) is 0 Å². The Bertz CT molecular complexity index is 239. The van der Waals surface area contributed by atoms with Crippen LogP contribution in [0.5, 0.6) is 0 Å². The van der Waals surface area contributed by atoms with E-state index < -0.39 is 0 Å². The second-order valence-corrected chi connectivity index (χ2v) is 4.97. The van der Waals surface area contributed by atoms with Crippen LogP contribution in [0.15, 0.2) is 0 Å². The fourth-order valence-electron chi connectivity index (χ4n) is 2.68. The number of nitriles is 1. The van der Waals surface area contributed by atoms with Crippen molar-refractivity contribution in [3.63, 3.8) is 0 Å². The van der Waals surface area contributed by atoms with Gasteiger partial charge in [-0.1, -0.05) is 13.3 Å². The zero-order valence-electron chi connectivity index (χ0n) is 10.9. The number of likely N-dealkylation sites (tertiary alicyclic amines) is 1. The molecule has 0 aromatic carbocycles. The Labute approximate surface area is 105 Å². The van der Waals surface area contributed by atoms with Gasteiger partial charge in [0.25, 0.3) is 0 Å². The van der Waals surface area contributed by atoms with Crippen LogP contribution in [0.2, 0.25) is 0 Å². The van der Waals surface area contributed by atoms with Crippen molar-refractivity contribution >= 4 is 0 Å². The molecule has 0 radical (unpaired) electrons. The molecular formula is C13H25N3O. The molecule has 0 aromatic rings. The van der Waals surface area contributed by atoms with Gasteiger partial charge in [-0.2, -0.15) is 5.26 Å². The predicted octanol–water partition coefficient (Wildman–Crippen LogP) is 0.973. The SMILES string of the molecule is CCCC1CC(NCCCO)CN(CC#N)C1. The van der Waals surface area contributed by atoms with Crippen LogP contribution < -0.4 is 5.32 Å². The van der Waals surface area contributed by atoms with E-state index in [0.29, 0.717) is 18.5 Å². The normalized spacial score (nSPS) is 25.7. The van der Waals surface area contributed by atoms with Gasteiger partial charge < -0.3 is 10.4 Å². The number of nitrogens with zero attached hydrogens (tertiary/aromatic N) is 2. The van der Waals surface area contributed by atoms with Crippen LogP contribution in [0.3, 0.4) is 0 Å². The highest BCUT2D eigenvalue weighted by Gasteiger charge is 2.25. The van der Waals surface area contributed by atoms with Gasteiger partial charge in [0.1, 0.15) is 0 Å². The molecule has 0 spiro atoms. The molecule has 17 heavy (non-hydrogen) atoms. The average Bonchev–Trinajstić information content (AvgIpc) is 2.30. The Morgan fingerprint density at radius 2 is 2.29 bits per heavy atom. The third-order valence-electron chi connectivity index (χ3n) is 3.37. The summed E-state index contributed by atoms with van der Waals surface area (Å²) in [5.41, 5.74) is 0. The fourth-order valence-corrected chi connectivity index (χ4v) is 2.68. The predicted molar refractivity (Wildman–Crippen MR) is 68.6 cm³/mol. The van der Waals surface area contributed by atoms with E-state index in [2.05, 4.69) is 23.2 Å². The van der Waals surface area contributed by atoms with Gasteiger partial charge in [0.2, 0.25) is 0 Å². The Hall–Kier alpha value is -0.630. The molecule has 98 valence electrons. The molecule has 0 aromatic heterocycles. The molecular weight excluding hydrogens is 214 g/mol. The standard InChI is InChI=1S/C13H25N3O/c1-2-4-12-9-13(15-6-3-8-17)11-16(10-12)7-5-14/h12-13,15,17H,2-4,6-11H2,1H3. The highest BCUT2D eigenvalue weighted by atomic mass is 16.3. The Morgan fingerprint density at radius 3 is 2.94 bits per heavy atom. The van der Waals surface area contributed by atoms with E-state index >= 15 is 0 Å². The fraction of sp³-hybridized carbons (Fsp3) is 0.923. The first kappa shape index (κ1) is 14.4. The molecule has 1 rings (SSSR count). The zero-order chi connectivity index (χ0) is 12.5. The van der Waals surface area contributed by atoms with Crippen LogP contribution >= 0.6 is 0 Å². The van der Waals surface area contributed by atoms with Gasteiger partial charge in [-0.15, -0.1) is 0 Å². The summed E-state index contributed by atoms with van der Waals surface area (Å²) in [5.74, 6) is 0.716. The minimum atomic E-state index is 0.250. The minimum absolute atomic E-state index is 0.250. The van der Waals surface area contributed by atoms with Crippen LogP contribution in [0.4, 0.5) is 0 Å². The lowest BCUT2D eigenvalue weighted by Crippen LogP contribution is -2.49. The van der Waals surface area contributed by atoms with Gasteiger partial charge >= 0.3 is 0 Å². The van der Waals surface area contributed by atoms with Gasteiger partial charge in [0.15, 0.2) is 0 Å². The summed E-state index contributed by atoms with van der Waals surface area (Å²) >= 11 is 0. The van der Waals surface area contributed by atoms with Gasteiger partial charge in [-0.3, -0.25) is 4.90 Å². The van der Waals surface area contributed by atoms with Crippen molar-refractivity contribution in [2.24, 2.45) is 5.92 Å². The smallest absolute Gasteiger partial charge is 0.0866 e. The van der Waals surface area contributed by atoms with E-state index in [4.69, 9.17) is 10.4 Å². The minimum Gasteiger partial charge on any atom is -0.396 e. The van der Waals surface area contributed by atoms with Crippen molar-refractivity contribution in [2.75, 3.05) is 32.8 Å². The van der Waals surface area contributed by atoms with Crippen molar-refractivity contribution in [3.05, 3.63) is 0 Å². The summed E-state index contributed by atoms with van der Waals surface area (Å²) in [6.07, 6.45) is 4.49. The Morgan fingerprint density at radius 1 is 1.47 bits per heavy atom. The molecule has 4 heteroatoms. The molecule has 1 aliphatic rings. The third-order valence-corrected chi connectivity index (χ3v) is 3.37. The van der Waals surface area contributed by atoms with E-state index in [9.17, 15) is 0 Å². The molecule has 0 amide bonds. The van der Waals surface area contributed by atoms with Crippen molar-refractivity contribution in [3.8, 4) is 6.07 Å². The molecule has 1 aliphatic heterocycles. The third kappa shape index (κ3) is 5.49. The second kappa shape index (κ2) is 8.46. The summed E-state index contributed by atoms with van der Waals surface area (Å²) in [4.78, 5) is 2.25. The van der Waals surface area contributed by atoms with Crippen molar-refractivity contribution < 1.29 is 5.11 Å². The summed E-state index contributed by atoms with van der Waals surface area (Å²) in [5, 5.41) is 21.1. The Balaban J connectivity index is 2.38. The maximum absolute atomic E-state index is 8.79. The molecule has 1 fully saturated rings. The van der Waals surface area contributed by atoms with Crippen molar-refractivity contribution in [1.82, 2.24) is 10.2 Å². The average molecular weight is 239 g/mol. The number of aliphatic hydroxyl groups excluding tert-OH is 1. The molecule has 1 heterocycles. The van der Waals surface area contributed by atoms with Crippen LogP contribution in [0.25, 0.3) is 0 Å². The highest BCUT2D eigenvalue weighted by Crippen LogP contribution is 2.21. The van der Waals surface area contributed by atoms with Crippen molar-refractivity contribution in [2.45, 2.75) is 38.6 Å². The van der Waals surface area contributed by atoms with Gasteiger partial charge in [-0.05, 0) is 31.7 Å². The first-order chi connectivity index (χ1) is 8.30. The van der Waals surface area contributed by atoms with E-state index in [-0.39, 0.29) is 6.61 Å². The van der Waals surface area contributed by atoms with E-state index in [1.807, 2.05) is 0 Å². The first-order valence-electron chi connectivity index (χ1n) is 6.73. The number of piperidine rings is 1. The monoisotopic (exact) mass is 239 g/mol. The largest absolute Gasteiger partial charge is 0.396 e. The van der Waals surface area contributed by atoms with Gasteiger partial charge in [0.05, 0.1) is 12.6 Å². The molecule has 1 saturated heterocycles. The van der Waals surface area contributed by atoms with E-state index in [0.717, 1.165) is 26.1 Å². The zero-order valence-corrected chi connectivity index (χ0v) is 10.9. The van der Waals surface area contributed by atoms with Crippen molar-refractivity contribution in [1.29, 1.82) is 5.26 Å². The van der Waals surface area contributed by atoms with E-state index in [1.165, 1.54) is 19.3 Å². The summed E-state index contributed by atoms with van der Waals surface area (Å²) in [6, 6.07) is 2.73. The number of rotatable bonds is 7. The first-order valence-corrected chi connectivity index (χ1v) is 6.73. The maximum Gasteiger partial charge on any atom is 0.0866 e. The number of nitrogens with one attached hydrogen (secondary N) is 1. The number of hydrogen-bond donors (Lipinski definition) is 2. The molecule has 2 unspecified atom stereocenters. The van der Waals surface area contributed by atoms with Crippen LogP contribution in [0, 0.1) is 17.2 Å². The lowest BCUT2D eigenvalue weighted by molar-refractivity contribution is 0.148. The highest BCUT2D eigenvalue weighted by molar-refractivity contribution is 4.87. The van der Waals surface area contributed by atoms with Crippen LogP contribution in [0.1, 0.15) is 32.6 Å². The number of aliphatic hydroxyl groups is 1. The number of hydrogen-bond acceptors (Lipinski definition) is 4.